The second-order valence-corrected chi connectivity index (χ2v) is 4.01. The molecule has 0 spiro atoms. The molecule has 1 rings (SSSR count). The fourth-order valence-electron chi connectivity index (χ4n) is 2.28. The lowest BCUT2D eigenvalue weighted by molar-refractivity contribution is 0.207. The van der Waals surface area contributed by atoms with Crippen molar-refractivity contribution in [1.29, 1.82) is 0 Å². The fourth-order valence-corrected chi connectivity index (χ4v) is 2.28. The highest BCUT2D eigenvalue weighted by atomic mass is 14.6. The van der Waals surface area contributed by atoms with Gasteiger partial charge in [0.25, 0.3) is 0 Å². The Morgan fingerprint density at radius 3 is 1.08 bits per heavy atom. The molecule has 0 aromatic rings. The van der Waals surface area contributed by atoms with Crippen molar-refractivity contribution < 1.29 is 0 Å². The highest BCUT2D eigenvalue weighted by Gasteiger charge is 2.26. The van der Waals surface area contributed by atoms with Crippen molar-refractivity contribution >= 4 is 0 Å². The van der Waals surface area contributed by atoms with Crippen LogP contribution in [0.25, 0.3) is 0 Å². The summed E-state index contributed by atoms with van der Waals surface area (Å²) in [6.07, 6.45) is 3.64. The maximum atomic E-state index is 5.66. The number of nitrogens with two attached hydrogens (primary N) is 3. The molecule has 12 heavy (non-hydrogen) atoms. The Bertz CT molecular complexity index is 97.2. The normalized spacial score (nSPS) is 36.8. The van der Waals surface area contributed by atoms with E-state index < -0.39 is 0 Å². The van der Waals surface area contributed by atoms with Gasteiger partial charge < -0.3 is 17.2 Å². The van der Waals surface area contributed by atoms with Gasteiger partial charge in [0.1, 0.15) is 0 Å². The second-order valence-electron chi connectivity index (χ2n) is 4.01. The molecule has 1 aliphatic rings. The number of hydrogen-bond donors (Lipinski definition) is 3. The zero-order valence-corrected chi connectivity index (χ0v) is 7.71. The molecule has 0 aliphatic heterocycles. The van der Waals surface area contributed by atoms with Crippen LogP contribution in [0.15, 0.2) is 0 Å². The van der Waals surface area contributed by atoms with Crippen molar-refractivity contribution in [1.82, 2.24) is 0 Å². The van der Waals surface area contributed by atoms with E-state index in [1.807, 2.05) is 0 Å². The van der Waals surface area contributed by atoms with Crippen LogP contribution in [-0.2, 0) is 0 Å². The van der Waals surface area contributed by atoms with Crippen molar-refractivity contribution in [2.24, 2.45) is 35.0 Å². The van der Waals surface area contributed by atoms with E-state index in [0.717, 1.165) is 19.6 Å². The van der Waals surface area contributed by atoms with Crippen molar-refractivity contribution in [2.75, 3.05) is 19.6 Å². The van der Waals surface area contributed by atoms with E-state index in [1.165, 1.54) is 19.3 Å². The summed E-state index contributed by atoms with van der Waals surface area (Å²) >= 11 is 0. The van der Waals surface area contributed by atoms with Crippen LogP contribution in [0.2, 0.25) is 0 Å². The van der Waals surface area contributed by atoms with Crippen molar-refractivity contribution in [3.05, 3.63) is 0 Å². The van der Waals surface area contributed by atoms with Crippen molar-refractivity contribution in [3.8, 4) is 0 Å². The van der Waals surface area contributed by atoms with Gasteiger partial charge in [-0.3, -0.25) is 0 Å². The predicted molar refractivity (Wildman–Crippen MR) is 51.5 cm³/mol. The summed E-state index contributed by atoms with van der Waals surface area (Å²) in [7, 11) is 0. The molecular weight excluding hydrogens is 150 g/mol. The van der Waals surface area contributed by atoms with E-state index in [-0.39, 0.29) is 0 Å². The van der Waals surface area contributed by atoms with Gasteiger partial charge in [-0.25, -0.2) is 0 Å². The van der Waals surface area contributed by atoms with Gasteiger partial charge in [-0.1, -0.05) is 0 Å². The molecule has 0 heterocycles. The van der Waals surface area contributed by atoms with Crippen LogP contribution in [0.3, 0.4) is 0 Å². The Kier molecular flexibility index (Phi) is 3.98. The monoisotopic (exact) mass is 171 g/mol. The van der Waals surface area contributed by atoms with Crippen LogP contribution in [0.1, 0.15) is 19.3 Å². The topological polar surface area (TPSA) is 78.1 Å². The van der Waals surface area contributed by atoms with Gasteiger partial charge >= 0.3 is 0 Å². The average Bonchev–Trinajstić information content (AvgIpc) is 2.16. The summed E-state index contributed by atoms with van der Waals surface area (Å²) < 4.78 is 0. The Hall–Kier alpha value is -0.120. The lowest BCUT2D eigenvalue weighted by Crippen LogP contribution is -2.34. The molecule has 0 unspecified atom stereocenters. The quantitative estimate of drug-likeness (QED) is 0.554. The molecule has 72 valence electrons. The van der Waals surface area contributed by atoms with Crippen LogP contribution in [-0.4, -0.2) is 19.6 Å². The molecule has 1 aliphatic carbocycles. The summed E-state index contributed by atoms with van der Waals surface area (Å²) in [4.78, 5) is 0. The lowest BCUT2D eigenvalue weighted by atomic mass is 9.75. The van der Waals surface area contributed by atoms with Gasteiger partial charge in [0.05, 0.1) is 0 Å². The van der Waals surface area contributed by atoms with Gasteiger partial charge in [0, 0.05) is 0 Å². The molecular formula is C9H21N3. The smallest absolute Gasteiger partial charge is 0.00486 e. The van der Waals surface area contributed by atoms with Crippen LogP contribution >= 0.6 is 0 Å². The van der Waals surface area contributed by atoms with E-state index in [0.29, 0.717) is 17.8 Å². The highest BCUT2D eigenvalue weighted by molar-refractivity contribution is 4.80. The standard InChI is InChI=1S/C9H21N3/c10-4-7-1-8(5-11)3-9(2-7)6-12/h7-9H,1-6,10-12H2. The summed E-state index contributed by atoms with van der Waals surface area (Å²) in [5.41, 5.74) is 17.0. The SMILES string of the molecule is NCC1CC(CN)CC(CN)C1. The van der Waals surface area contributed by atoms with Gasteiger partial charge in [0.15, 0.2) is 0 Å². The second kappa shape index (κ2) is 4.80. The molecule has 0 amide bonds. The summed E-state index contributed by atoms with van der Waals surface area (Å²) in [5.74, 6) is 2.00. The molecule has 3 heteroatoms. The maximum absolute atomic E-state index is 5.66. The van der Waals surface area contributed by atoms with E-state index in [1.54, 1.807) is 0 Å². The minimum absolute atomic E-state index is 0.667. The predicted octanol–water partition coefficient (Wildman–Crippen LogP) is -0.105. The summed E-state index contributed by atoms with van der Waals surface area (Å²) in [6, 6.07) is 0. The third kappa shape index (κ3) is 2.44. The largest absolute Gasteiger partial charge is 0.330 e. The Morgan fingerprint density at radius 2 is 0.917 bits per heavy atom. The lowest BCUT2D eigenvalue weighted by Gasteiger charge is -2.33. The van der Waals surface area contributed by atoms with Crippen LogP contribution in [0.5, 0.6) is 0 Å². The van der Waals surface area contributed by atoms with Crippen LogP contribution < -0.4 is 17.2 Å². The van der Waals surface area contributed by atoms with E-state index in [9.17, 15) is 0 Å². The molecule has 3 nitrogen and oxygen atoms in total. The van der Waals surface area contributed by atoms with E-state index in [4.69, 9.17) is 17.2 Å². The average molecular weight is 171 g/mol. The fraction of sp³-hybridized carbons (Fsp3) is 1.00. The molecule has 0 aromatic carbocycles. The first-order chi connectivity index (χ1) is 5.80. The molecule has 0 radical (unpaired) electrons. The summed E-state index contributed by atoms with van der Waals surface area (Å²) in [5, 5.41) is 0. The Balaban J connectivity index is 2.41. The molecule has 0 bridgehead atoms. The van der Waals surface area contributed by atoms with Crippen LogP contribution in [0, 0.1) is 17.8 Å². The van der Waals surface area contributed by atoms with Gasteiger partial charge in [-0.05, 0) is 56.7 Å². The van der Waals surface area contributed by atoms with Crippen molar-refractivity contribution in [3.63, 3.8) is 0 Å². The highest BCUT2D eigenvalue weighted by Crippen LogP contribution is 2.31. The molecule has 0 atom stereocenters. The third-order valence-corrected chi connectivity index (χ3v) is 3.00. The molecule has 0 saturated heterocycles. The van der Waals surface area contributed by atoms with Gasteiger partial charge in [-0.2, -0.15) is 0 Å². The van der Waals surface area contributed by atoms with Gasteiger partial charge in [-0.15, -0.1) is 0 Å². The maximum Gasteiger partial charge on any atom is -0.00486 e. The molecule has 0 aromatic heterocycles. The number of rotatable bonds is 3. The first kappa shape index (κ1) is 9.96. The minimum atomic E-state index is 0.667. The third-order valence-electron chi connectivity index (χ3n) is 3.00. The first-order valence-corrected chi connectivity index (χ1v) is 4.90. The molecule has 1 saturated carbocycles. The zero-order valence-electron chi connectivity index (χ0n) is 7.71. The van der Waals surface area contributed by atoms with Crippen molar-refractivity contribution in [2.45, 2.75) is 19.3 Å². The van der Waals surface area contributed by atoms with E-state index >= 15 is 0 Å². The zero-order chi connectivity index (χ0) is 8.97. The van der Waals surface area contributed by atoms with Crippen LogP contribution in [0.4, 0.5) is 0 Å². The Morgan fingerprint density at radius 1 is 0.667 bits per heavy atom. The van der Waals surface area contributed by atoms with E-state index in [2.05, 4.69) is 0 Å². The molecule has 1 fully saturated rings. The molecule has 6 N–H and O–H groups in total. The first-order valence-electron chi connectivity index (χ1n) is 4.90. The minimum Gasteiger partial charge on any atom is -0.330 e. The summed E-state index contributed by atoms with van der Waals surface area (Å²) in [6.45, 7) is 2.40. The van der Waals surface area contributed by atoms with Gasteiger partial charge in [0.2, 0.25) is 0 Å². The number of hydrogen-bond acceptors (Lipinski definition) is 3. The Labute approximate surface area is 74.7 Å².